The van der Waals surface area contributed by atoms with Crippen LogP contribution in [-0.4, -0.2) is 36.5 Å². The fraction of sp³-hybridized carbons (Fsp3) is 0.429. The minimum absolute atomic E-state index is 0.0774. The lowest BCUT2D eigenvalue weighted by atomic mass is 10.2. The van der Waals surface area contributed by atoms with Gasteiger partial charge in [0.1, 0.15) is 11.8 Å². The maximum Gasteiger partial charge on any atom is 0.247 e. The van der Waals surface area contributed by atoms with Crippen molar-refractivity contribution in [2.45, 2.75) is 19.4 Å². The fourth-order valence-electron chi connectivity index (χ4n) is 1.95. The molecule has 108 valence electrons. The van der Waals surface area contributed by atoms with E-state index in [9.17, 15) is 9.59 Å². The average molecular weight is 294 g/mol. The van der Waals surface area contributed by atoms with Gasteiger partial charge >= 0.3 is 0 Å². The van der Waals surface area contributed by atoms with Crippen molar-refractivity contribution in [2.75, 3.05) is 23.9 Å². The van der Waals surface area contributed by atoms with Crippen LogP contribution in [0.2, 0.25) is 0 Å². The van der Waals surface area contributed by atoms with Gasteiger partial charge < -0.3 is 15.4 Å². The zero-order valence-corrected chi connectivity index (χ0v) is 12.4. The van der Waals surface area contributed by atoms with Gasteiger partial charge in [0.05, 0.1) is 12.8 Å². The van der Waals surface area contributed by atoms with E-state index >= 15 is 0 Å². The van der Waals surface area contributed by atoms with Crippen molar-refractivity contribution in [3.63, 3.8) is 0 Å². The van der Waals surface area contributed by atoms with E-state index < -0.39 is 6.04 Å². The van der Waals surface area contributed by atoms with Gasteiger partial charge in [-0.05, 0) is 24.6 Å². The number of hydrogen-bond donors (Lipinski definition) is 2. The standard InChI is InChI=1S/C14H18N2O3S/c1-9-3-4-12(19-2)10(7-9)16-14(18)11-8-20-6-5-13(17)15-11/h3-4,7,11H,5-6,8H2,1-2H3,(H,15,17)(H,16,18)/t11-/m1/s1. The highest BCUT2D eigenvalue weighted by molar-refractivity contribution is 7.99. The van der Waals surface area contributed by atoms with E-state index in [0.717, 1.165) is 11.3 Å². The summed E-state index contributed by atoms with van der Waals surface area (Å²) in [5.74, 6) is 1.66. The van der Waals surface area contributed by atoms with E-state index in [1.54, 1.807) is 18.9 Å². The van der Waals surface area contributed by atoms with Crippen LogP contribution < -0.4 is 15.4 Å². The van der Waals surface area contributed by atoms with Crippen LogP contribution in [0.3, 0.4) is 0 Å². The smallest absolute Gasteiger partial charge is 0.247 e. The molecule has 5 nitrogen and oxygen atoms in total. The summed E-state index contributed by atoms with van der Waals surface area (Å²) < 4.78 is 5.23. The second-order valence-corrected chi connectivity index (χ2v) is 5.79. The molecular formula is C14H18N2O3S. The minimum Gasteiger partial charge on any atom is -0.495 e. The molecule has 1 atom stereocenters. The Morgan fingerprint density at radius 2 is 2.30 bits per heavy atom. The molecule has 0 aliphatic carbocycles. The third kappa shape index (κ3) is 3.66. The number of carbonyl (C=O) groups is 2. The van der Waals surface area contributed by atoms with Crippen molar-refractivity contribution >= 4 is 29.3 Å². The van der Waals surface area contributed by atoms with E-state index in [4.69, 9.17) is 4.74 Å². The van der Waals surface area contributed by atoms with Crippen molar-refractivity contribution in [3.8, 4) is 5.75 Å². The molecule has 0 radical (unpaired) electrons. The lowest BCUT2D eigenvalue weighted by molar-refractivity contribution is -0.125. The summed E-state index contributed by atoms with van der Waals surface area (Å²) in [7, 11) is 1.56. The molecule has 2 amide bonds. The number of nitrogens with one attached hydrogen (secondary N) is 2. The molecule has 1 aromatic carbocycles. The number of hydrogen-bond acceptors (Lipinski definition) is 4. The van der Waals surface area contributed by atoms with Gasteiger partial charge in [-0.25, -0.2) is 0 Å². The predicted octanol–water partition coefficient (Wildman–Crippen LogP) is 1.56. The highest BCUT2D eigenvalue weighted by Gasteiger charge is 2.24. The summed E-state index contributed by atoms with van der Waals surface area (Å²) in [6, 6.07) is 5.08. The second kappa shape index (κ2) is 6.65. The Labute approximate surface area is 122 Å². The molecular weight excluding hydrogens is 276 g/mol. The molecule has 0 unspecified atom stereocenters. The van der Waals surface area contributed by atoms with Gasteiger partial charge in [-0.15, -0.1) is 0 Å². The van der Waals surface area contributed by atoms with Gasteiger partial charge in [-0.1, -0.05) is 6.07 Å². The Morgan fingerprint density at radius 3 is 3.05 bits per heavy atom. The molecule has 1 aromatic rings. The van der Waals surface area contributed by atoms with Crippen LogP contribution in [-0.2, 0) is 9.59 Å². The van der Waals surface area contributed by atoms with E-state index in [2.05, 4.69) is 10.6 Å². The Bertz CT molecular complexity index is 519. The number of anilines is 1. The molecule has 1 aliphatic rings. The number of benzene rings is 1. The number of amides is 2. The highest BCUT2D eigenvalue weighted by atomic mass is 32.2. The molecule has 2 N–H and O–H groups in total. The summed E-state index contributed by atoms with van der Waals surface area (Å²) in [6.07, 6.45) is 0.461. The van der Waals surface area contributed by atoms with Crippen LogP contribution >= 0.6 is 11.8 Å². The molecule has 0 bridgehead atoms. The van der Waals surface area contributed by atoms with Crippen LogP contribution in [0.1, 0.15) is 12.0 Å². The number of aryl methyl sites for hydroxylation is 1. The average Bonchev–Trinajstić information content (AvgIpc) is 2.64. The number of ether oxygens (including phenoxy) is 1. The molecule has 6 heteroatoms. The van der Waals surface area contributed by atoms with Crippen LogP contribution in [0.5, 0.6) is 5.75 Å². The number of thioether (sulfide) groups is 1. The summed E-state index contributed by atoms with van der Waals surface area (Å²) in [5, 5.41) is 5.57. The second-order valence-electron chi connectivity index (χ2n) is 4.64. The third-order valence-corrected chi connectivity index (χ3v) is 4.08. The van der Waals surface area contributed by atoms with Crippen LogP contribution in [0, 0.1) is 6.92 Å². The van der Waals surface area contributed by atoms with Crippen molar-refractivity contribution in [3.05, 3.63) is 23.8 Å². The lowest BCUT2D eigenvalue weighted by Crippen LogP contribution is -2.44. The maximum atomic E-state index is 12.3. The van der Waals surface area contributed by atoms with E-state index in [1.165, 1.54) is 0 Å². The molecule has 0 spiro atoms. The van der Waals surface area contributed by atoms with E-state index in [-0.39, 0.29) is 11.8 Å². The van der Waals surface area contributed by atoms with Gasteiger partial charge in [-0.2, -0.15) is 11.8 Å². The van der Waals surface area contributed by atoms with E-state index in [1.807, 2.05) is 25.1 Å². The number of methoxy groups -OCH3 is 1. The van der Waals surface area contributed by atoms with Crippen molar-refractivity contribution < 1.29 is 14.3 Å². The molecule has 1 heterocycles. The first-order valence-electron chi connectivity index (χ1n) is 6.43. The lowest BCUT2D eigenvalue weighted by Gasteiger charge is -2.17. The van der Waals surface area contributed by atoms with Gasteiger partial charge in [0.2, 0.25) is 11.8 Å². The highest BCUT2D eigenvalue weighted by Crippen LogP contribution is 2.25. The largest absolute Gasteiger partial charge is 0.495 e. The number of carbonyl (C=O) groups excluding carboxylic acids is 2. The first-order chi connectivity index (χ1) is 9.60. The van der Waals surface area contributed by atoms with Crippen LogP contribution in [0.15, 0.2) is 18.2 Å². The normalized spacial score (nSPS) is 18.9. The van der Waals surface area contributed by atoms with Gasteiger partial charge in [0.25, 0.3) is 0 Å². The quantitative estimate of drug-likeness (QED) is 0.888. The molecule has 1 fully saturated rings. The minimum atomic E-state index is -0.500. The van der Waals surface area contributed by atoms with Crippen molar-refractivity contribution in [2.24, 2.45) is 0 Å². The van der Waals surface area contributed by atoms with Crippen LogP contribution in [0.4, 0.5) is 5.69 Å². The van der Waals surface area contributed by atoms with Crippen molar-refractivity contribution in [1.82, 2.24) is 5.32 Å². The first kappa shape index (κ1) is 14.7. The summed E-state index contributed by atoms with van der Waals surface area (Å²) >= 11 is 1.60. The monoisotopic (exact) mass is 294 g/mol. The molecule has 0 aromatic heterocycles. The molecule has 20 heavy (non-hydrogen) atoms. The third-order valence-electron chi connectivity index (χ3n) is 3.02. The Kier molecular flexibility index (Phi) is 4.89. The molecule has 1 saturated heterocycles. The topological polar surface area (TPSA) is 67.4 Å². The Hall–Kier alpha value is -1.69. The zero-order chi connectivity index (χ0) is 14.5. The van der Waals surface area contributed by atoms with E-state index in [0.29, 0.717) is 23.6 Å². The van der Waals surface area contributed by atoms with Gasteiger partial charge in [0, 0.05) is 17.9 Å². The van der Waals surface area contributed by atoms with Gasteiger partial charge in [-0.3, -0.25) is 9.59 Å². The Morgan fingerprint density at radius 1 is 1.50 bits per heavy atom. The summed E-state index contributed by atoms with van der Waals surface area (Å²) in [4.78, 5) is 23.7. The SMILES string of the molecule is COc1ccc(C)cc1NC(=O)[C@H]1CSCCC(=O)N1. The van der Waals surface area contributed by atoms with Crippen LogP contribution in [0.25, 0.3) is 0 Å². The first-order valence-corrected chi connectivity index (χ1v) is 7.58. The molecule has 0 saturated carbocycles. The number of rotatable bonds is 3. The van der Waals surface area contributed by atoms with Crippen molar-refractivity contribution in [1.29, 1.82) is 0 Å². The predicted molar refractivity (Wildman–Crippen MR) is 80.2 cm³/mol. The summed E-state index contributed by atoms with van der Waals surface area (Å²) in [5.41, 5.74) is 1.65. The maximum absolute atomic E-state index is 12.3. The van der Waals surface area contributed by atoms with Gasteiger partial charge in [0.15, 0.2) is 0 Å². The fourth-order valence-corrected chi connectivity index (χ4v) is 2.92. The Balaban J connectivity index is 2.10. The zero-order valence-electron chi connectivity index (χ0n) is 11.6. The summed E-state index contributed by atoms with van der Waals surface area (Å²) in [6.45, 7) is 1.94. The molecule has 2 rings (SSSR count). The molecule has 1 aliphatic heterocycles.